The number of nitrogens with zero attached hydrogens (tertiary/aromatic N) is 1. The van der Waals surface area contributed by atoms with Crippen LogP contribution >= 0.6 is 0 Å². The van der Waals surface area contributed by atoms with Gasteiger partial charge in [-0.25, -0.2) is 0 Å². The fraction of sp³-hybridized carbons (Fsp3) is 1.00. The Bertz CT molecular complexity index is 91.0. The van der Waals surface area contributed by atoms with Gasteiger partial charge < -0.3 is 4.90 Å². The van der Waals surface area contributed by atoms with Crippen molar-refractivity contribution in [1.82, 2.24) is 4.90 Å². The fourth-order valence-electron chi connectivity index (χ4n) is 1.80. The molecular formula is C11H25N. The van der Waals surface area contributed by atoms with E-state index in [1.165, 1.54) is 38.8 Å². The predicted molar refractivity (Wildman–Crippen MR) is 56.5 cm³/mol. The summed E-state index contributed by atoms with van der Waals surface area (Å²) >= 11 is 0. The highest BCUT2D eigenvalue weighted by Crippen LogP contribution is 2.15. The molecule has 1 nitrogen and oxygen atoms in total. The van der Waals surface area contributed by atoms with E-state index in [4.69, 9.17) is 0 Å². The van der Waals surface area contributed by atoms with Crippen LogP contribution in [0, 0.1) is 0 Å². The van der Waals surface area contributed by atoms with Crippen LogP contribution in [0.2, 0.25) is 0 Å². The fourth-order valence-corrected chi connectivity index (χ4v) is 1.80. The van der Waals surface area contributed by atoms with Gasteiger partial charge in [0.2, 0.25) is 0 Å². The molecule has 0 bridgehead atoms. The molecule has 1 unspecified atom stereocenters. The largest absolute Gasteiger partial charge is 0.301 e. The van der Waals surface area contributed by atoms with Gasteiger partial charge in [-0.15, -0.1) is 0 Å². The first-order valence-electron chi connectivity index (χ1n) is 5.58. The lowest BCUT2D eigenvalue weighted by Gasteiger charge is -2.24. The molecule has 0 aromatic rings. The van der Waals surface area contributed by atoms with Crippen molar-refractivity contribution in [3.63, 3.8) is 0 Å². The highest BCUT2D eigenvalue weighted by molar-refractivity contribution is 4.69. The first-order valence-corrected chi connectivity index (χ1v) is 5.58. The average molecular weight is 171 g/mol. The maximum absolute atomic E-state index is 2.59. The van der Waals surface area contributed by atoms with Gasteiger partial charge in [0.25, 0.3) is 0 Å². The first-order chi connectivity index (χ1) is 5.84. The zero-order valence-corrected chi connectivity index (χ0v) is 9.27. The standard InChI is InChI=1S/C9H19N.C2H6/c1-3-10-8-6-4-5-7-9(10)2;1-2/h9H,3-8H2,1-2H3;1-2H3. The van der Waals surface area contributed by atoms with Crippen LogP contribution < -0.4 is 0 Å². The maximum atomic E-state index is 2.59. The number of rotatable bonds is 1. The molecule has 1 rings (SSSR count). The lowest BCUT2D eigenvalue weighted by Crippen LogP contribution is -2.32. The van der Waals surface area contributed by atoms with Crippen molar-refractivity contribution in [3.8, 4) is 0 Å². The van der Waals surface area contributed by atoms with E-state index in [9.17, 15) is 0 Å². The lowest BCUT2D eigenvalue weighted by molar-refractivity contribution is 0.225. The molecule has 1 saturated heterocycles. The first kappa shape index (κ1) is 12.0. The van der Waals surface area contributed by atoms with Gasteiger partial charge in [0.1, 0.15) is 0 Å². The summed E-state index contributed by atoms with van der Waals surface area (Å²) in [6.07, 6.45) is 5.71. The molecule has 1 aliphatic rings. The summed E-state index contributed by atoms with van der Waals surface area (Å²) in [5, 5.41) is 0. The Morgan fingerprint density at radius 2 is 1.83 bits per heavy atom. The monoisotopic (exact) mass is 171 g/mol. The van der Waals surface area contributed by atoms with E-state index < -0.39 is 0 Å². The van der Waals surface area contributed by atoms with E-state index >= 15 is 0 Å². The van der Waals surface area contributed by atoms with Gasteiger partial charge in [0.05, 0.1) is 0 Å². The summed E-state index contributed by atoms with van der Waals surface area (Å²) in [5.41, 5.74) is 0. The molecule has 12 heavy (non-hydrogen) atoms. The lowest BCUT2D eigenvalue weighted by atomic mass is 10.1. The summed E-state index contributed by atoms with van der Waals surface area (Å²) in [4.78, 5) is 2.59. The van der Waals surface area contributed by atoms with Crippen molar-refractivity contribution in [3.05, 3.63) is 0 Å². The summed E-state index contributed by atoms with van der Waals surface area (Å²) in [6.45, 7) is 11.2. The van der Waals surface area contributed by atoms with Crippen LogP contribution in [0.4, 0.5) is 0 Å². The second-order valence-corrected chi connectivity index (χ2v) is 3.33. The maximum Gasteiger partial charge on any atom is 0.00668 e. The summed E-state index contributed by atoms with van der Waals surface area (Å²) in [7, 11) is 0. The summed E-state index contributed by atoms with van der Waals surface area (Å²) in [6, 6.07) is 0.840. The van der Waals surface area contributed by atoms with Crippen LogP contribution in [-0.4, -0.2) is 24.0 Å². The van der Waals surface area contributed by atoms with Gasteiger partial charge in [0.15, 0.2) is 0 Å². The van der Waals surface area contributed by atoms with Gasteiger partial charge in [-0.05, 0) is 32.9 Å². The third-order valence-electron chi connectivity index (χ3n) is 2.60. The molecular weight excluding hydrogens is 146 g/mol. The zero-order valence-electron chi connectivity index (χ0n) is 9.27. The molecule has 0 saturated carbocycles. The second-order valence-electron chi connectivity index (χ2n) is 3.33. The third kappa shape index (κ3) is 4.10. The van der Waals surface area contributed by atoms with E-state index in [1.807, 2.05) is 13.8 Å². The van der Waals surface area contributed by atoms with Crippen LogP contribution in [0.15, 0.2) is 0 Å². The SMILES string of the molecule is CC.CCN1CCCCCC1C. The molecule has 1 heterocycles. The van der Waals surface area contributed by atoms with Crippen molar-refractivity contribution >= 4 is 0 Å². The Labute approximate surface area is 78.1 Å². The van der Waals surface area contributed by atoms with E-state index in [0.717, 1.165) is 6.04 Å². The van der Waals surface area contributed by atoms with Gasteiger partial charge in [-0.2, -0.15) is 0 Å². The Morgan fingerprint density at radius 1 is 1.17 bits per heavy atom. The minimum atomic E-state index is 0.840. The van der Waals surface area contributed by atoms with Gasteiger partial charge in [-0.3, -0.25) is 0 Å². The molecule has 0 amide bonds. The summed E-state index contributed by atoms with van der Waals surface area (Å²) in [5.74, 6) is 0. The van der Waals surface area contributed by atoms with Crippen LogP contribution in [0.1, 0.15) is 53.4 Å². The molecule has 0 N–H and O–H groups in total. The minimum Gasteiger partial charge on any atom is -0.301 e. The molecule has 1 aliphatic heterocycles. The predicted octanol–water partition coefficient (Wildman–Crippen LogP) is 3.30. The molecule has 0 spiro atoms. The van der Waals surface area contributed by atoms with Gasteiger partial charge in [0, 0.05) is 6.04 Å². The Balaban J connectivity index is 0.000000561. The van der Waals surface area contributed by atoms with E-state index in [2.05, 4.69) is 18.7 Å². The topological polar surface area (TPSA) is 3.24 Å². The summed E-state index contributed by atoms with van der Waals surface area (Å²) < 4.78 is 0. The quantitative estimate of drug-likeness (QED) is 0.585. The normalized spacial score (nSPS) is 25.5. The van der Waals surface area contributed by atoms with Crippen LogP contribution in [0.25, 0.3) is 0 Å². The van der Waals surface area contributed by atoms with E-state index in [0.29, 0.717) is 0 Å². The molecule has 0 radical (unpaired) electrons. The molecule has 1 heteroatoms. The van der Waals surface area contributed by atoms with Crippen LogP contribution in [-0.2, 0) is 0 Å². The van der Waals surface area contributed by atoms with E-state index in [1.54, 1.807) is 0 Å². The minimum absolute atomic E-state index is 0.840. The van der Waals surface area contributed by atoms with Crippen molar-refractivity contribution in [2.45, 2.75) is 59.4 Å². The smallest absolute Gasteiger partial charge is 0.00668 e. The molecule has 74 valence electrons. The Kier molecular flexibility index (Phi) is 7.58. The van der Waals surface area contributed by atoms with Gasteiger partial charge in [-0.1, -0.05) is 33.6 Å². The highest BCUT2D eigenvalue weighted by atomic mass is 15.1. The van der Waals surface area contributed by atoms with Crippen molar-refractivity contribution < 1.29 is 0 Å². The number of hydrogen-bond donors (Lipinski definition) is 0. The van der Waals surface area contributed by atoms with E-state index in [-0.39, 0.29) is 0 Å². The average Bonchev–Trinajstić information content (AvgIpc) is 2.33. The zero-order chi connectivity index (χ0) is 9.40. The van der Waals surface area contributed by atoms with Crippen molar-refractivity contribution in [2.24, 2.45) is 0 Å². The molecule has 0 aromatic heterocycles. The van der Waals surface area contributed by atoms with Crippen LogP contribution in [0.3, 0.4) is 0 Å². The number of likely N-dealkylation sites (tertiary alicyclic amines) is 1. The van der Waals surface area contributed by atoms with Crippen molar-refractivity contribution in [2.75, 3.05) is 13.1 Å². The third-order valence-corrected chi connectivity index (χ3v) is 2.60. The highest BCUT2D eigenvalue weighted by Gasteiger charge is 2.13. The molecule has 1 atom stereocenters. The van der Waals surface area contributed by atoms with Gasteiger partial charge >= 0.3 is 0 Å². The molecule has 1 fully saturated rings. The van der Waals surface area contributed by atoms with Crippen molar-refractivity contribution in [1.29, 1.82) is 0 Å². The number of hydrogen-bond acceptors (Lipinski definition) is 1. The molecule has 0 aliphatic carbocycles. The Hall–Kier alpha value is -0.0400. The molecule has 0 aromatic carbocycles. The van der Waals surface area contributed by atoms with Crippen LogP contribution in [0.5, 0.6) is 0 Å². The second kappa shape index (κ2) is 7.60. The Morgan fingerprint density at radius 3 is 2.42 bits per heavy atom.